The molecular formula is C18H18N4O2S. The number of benzene rings is 1. The summed E-state index contributed by atoms with van der Waals surface area (Å²) >= 11 is 1.58. The second-order valence-electron chi connectivity index (χ2n) is 5.45. The smallest absolute Gasteiger partial charge is 0.272 e. The number of hydrogen-bond acceptors (Lipinski definition) is 4. The molecule has 25 heavy (non-hydrogen) atoms. The standard InChI is InChI=1S/C18H18N4O2S/c1-19-18(24)16(12-7-4-3-5-8-12)20-17(23)13-11-14(22(2)21-13)15-9-6-10-25-15/h3-11,16H,1-2H3,(H,19,24)(H,20,23). The fourth-order valence-electron chi connectivity index (χ4n) is 2.53. The molecule has 1 unspecified atom stereocenters. The SMILES string of the molecule is CNC(=O)C(NC(=O)c1cc(-c2cccs2)n(C)n1)c1ccccc1. The number of nitrogens with one attached hydrogen (secondary N) is 2. The molecule has 0 saturated heterocycles. The first-order valence-electron chi connectivity index (χ1n) is 7.75. The molecule has 0 fully saturated rings. The Hall–Kier alpha value is -2.93. The molecule has 0 aliphatic rings. The third kappa shape index (κ3) is 3.61. The van der Waals surface area contributed by atoms with E-state index in [0.29, 0.717) is 5.56 Å². The van der Waals surface area contributed by atoms with Gasteiger partial charge in [0, 0.05) is 14.1 Å². The lowest BCUT2D eigenvalue weighted by molar-refractivity contribution is -0.122. The molecule has 0 saturated carbocycles. The molecule has 0 spiro atoms. The minimum Gasteiger partial charge on any atom is -0.357 e. The number of carbonyl (C=O) groups is 2. The number of hydrogen-bond donors (Lipinski definition) is 2. The van der Waals surface area contributed by atoms with Gasteiger partial charge in [0.25, 0.3) is 5.91 Å². The second kappa shape index (κ2) is 7.31. The third-order valence-electron chi connectivity index (χ3n) is 3.80. The van der Waals surface area contributed by atoms with E-state index in [1.165, 1.54) is 0 Å². The highest BCUT2D eigenvalue weighted by Crippen LogP contribution is 2.25. The molecule has 2 heterocycles. The van der Waals surface area contributed by atoms with Crippen molar-refractivity contribution in [3.63, 3.8) is 0 Å². The second-order valence-corrected chi connectivity index (χ2v) is 6.39. The van der Waals surface area contributed by atoms with Gasteiger partial charge in [-0.3, -0.25) is 14.3 Å². The van der Waals surface area contributed by atoms with Gasteiger partial charge in [0.15, 0.2) is 5.69 Å². The highest BCUT2D eigenvalue weighted by Gasteiger charge is 2.24. The van der Waals surface area contributed by atoms with Gasteiger partial charge in [-0.1, -0.05) is 36.4 Å². The summed E-state index contributed by atoms with van der Waals surface area (Å²) in [4.78, 5) is 25.8. The normalized spacial score (nSPS) is 11.8. The Labute approximate surface area is 149 Å². The number of nitrogens with zero attached hydrogens (tertiary/aromatic N) is 2. The molecule has 128 valence electrons. The molecule has 6 nitrogen and oxygen atoms in total. The molecule has 1 aromatic carbocycles. The number of aromatic nitrogens is 2. The Morgan fingerprint density at radius 2 is 1.92 bits per heavy atom. The molecule has 3 aromatic rings. The van der Waals surface area contributed by atoms with E-state index < -0.39 is 11.9 Å². The van der Waals surface area contributed by atoms with E-state index in [9.17, 15) is 9.59 Å². The summed E-state index contributed by atoms with van der Waals surface area (Å²) in [6.07, 6.45) is 0. The Morgan fingerprint density at radius 3 is 2.56 bits per heavy atom. The lowest BCUT2D eigenvalue weighted by Crippen LogP contribution is -2.39. The van der Waals surface area contributed by atoms with E-state index >= 15 is 0 Å². The Kier molecular flexibility index (Phi) is 4.95. The molecule has 3 rings (SSSR count). The molecule has 2 aromatic heterocycles. The first-order chi connectivity index (χ1) is 12.1. The lowest BCUT2D eigenvalue weighted by atomic mass is 10.1. The highest BCUT2D eigenvalue weighted by molar-refractivity contribution is 7.13. The zero-order chi connectivity index (χ0) is 17.8. The van der Waals surface area contributed by atoms with Crippen LogP contribution in [0.25, 0.3) is 10.6 Å². The molecule has 2 N–H and O–H groups in total. The summed E-state index contributed by atoms with van der Waals surface area (Å²) < 4.78 is 1.66. The maximum absolute atomic E-state index is 12.6. The van der Waals surface area contributed by atoms with Crippen LogP contribution in [0, 0.1) is 0 Å². The van der Waals surface area contributed by atoms with Crippen molar-refractivity contribution >= 4 is 23.2 Å². The van der Waals surface area contributed by atoms with Gasteiger partial charge in [0.1, 0.15) is 6.04 Å². The molecular weight excluding hydrogens is 336 g/mol. The summed E-state index contributed by atoms with van der Waals surface area (Å²) in [6.45, 7) is 0. The Bertz CT molecular complexity index is 872. The first-order valence-corrected chi connectivity index (χ1v) is 8.63. The molecule has 1 atom stereocenters. The van der Waals surface area contributed by atoms with E-state index in [1.807, 2.05) is 35.7 Å². The van der Waals surface area contributed by atoms with E-state index in [4.69, 9.17) is 0 Å². The zero-order valence-electron chi connectivity index (χ0n) is 13.9. The average Bonchev–Trinajstić information content (AvgIpc) is 3.29. The summed E-state index contributed by atoms with van der Waals surface area (Å²) in [6, 6.07) is 14.0. The maximum atomic E-state index is 12.6. The monoisotopic (exact) mass is 354 g/mol. The number of thiophene rings is 1. The van der Waals surface area contributed by atoms with Crippen LogP contribution < -0.4 is 10.6 Å². The van der Waals surface area contributed by atoms with Crippen molar-refractivity contribution in [1.29, 1.82) is 0 Å². The topological polar surface area (TPSA) is 76.0 Å². The number of amides is 2. The van der Waals surface area contributed by atoms with Crippen molar-refractivity contribution in [1.82, 2.24) is 20.4 Å². The van der Waals surface area contributed by atoms with Crippen LogP contribution in [0.3, 0.4) is 0 Å². The molecule has 2 amide bonds. The number of carbonyl (C=O) groups excluding carboxylic acids is 2. The van der Waals surface area contributed by atoms with Gasteiger partial charge in [-0.25, -0.2) is 0 Å². The van der Waals surface area contributed by atoms with Gasteiger partial charge >= 0.3 is 0 Å². The quantitative estimate of drug-likeness (QED) is 0.738. The van der Waals surface area contributed by atoms with Gasteiger partial charge < -0.3 is 10.6 Å². The van der Waals surface area contributed by atoms with Gasteiger partial charge in [0.05, 0.1) is 10.6 Å². The zero-order valence-corrected chi connectivity index (χ0v) is 14.7. The highest BCUT2D eigenvalue weighted by atomic mass is 32.1. The number of likely N-dealkylation sites (N-methyl/N-ethyl adjacent to an activating group) is 1. The van der Waals surface area contributed by atoms with Gasteiger partial charge in [-0.15, -0.1) is 11.3 Å². The average molecular weight is 354 g/mol. The van der Waals surface area contributed by atoms with Crippen molar-refractivity contribution in [2.45, 2.75) is 6.04 Å². The van der Waals surface area contributed by atoms with Crippen molar-refractivity contribution in [3.05, 3.63) is 65.2 Å². The fourth-order valence-corrected chi connectivity index (χ4v) is 3.30. The molecule has 0 aliphatic heterocycles. The van der Waals surface area contributed by atoms with E-state index in [-0.39, 0.29) is 11.6 Å². The van der Waals surface area contributed by atoms with E-state index in [0.717, 1.165) is 10.6 Å². The summed E-state index contributed by atoms with van der Waals surface area (Å²) in [5.74, 6) is -0.676. The van der Waals surface area contributed by atoms with Gasteiger partial charge in [0.2, 0.25) is 5.91 Å². The lowest BCUT2D eigenvalue weighted by Gasteiger charge is -2.17. The van der Waals surface area contributed by atoms with Crippen LogP contribution in [0.15, 0.2) is 53.9 Å². The summed E-state index contributed by atoms with van der Waals surface area (Å²) in [5, 5.41) is 11.6. The van der Waals surface area contributed by atoms with E-state index in [1.54, 1.807) is 48.3 Å². The Balaban J connectivity index is 1.85. The molecule has 0 radical (unpaired) electrons. The van der Waals surface area contributed by atoms with Crippen molar-refractivity contribution in [3.8, 4) is 10.6 Å². The fraction of sp³-hybridized carbons (Fsp3) is 0.167. The van der Waals surface area contributed by atoms with E-state index in [2.05, 4.69) is 15.7 Å². The predicted octanol–water partition coefficient (Wildman–Crippen LogP) is 2.37. The molecule has 7 heteroatoms. The maximum Gasteiger partial charge on any atom is 0.272 e. The predicted molar refractivity (Wildman–Crippen MR) is 97.2 cm³/mol. The van der Waals surface area contributed by atoms with Crippen LogP contribution in [0.2, 0.25) is 0 Å². The van der Waals surface area contributed by atoms with Crippen LogP contribution in [0.5, 0.6) is 0 Å². The van der Waals surface area contributed by atoms with Gasteiger partial charge in [-0.05, 0) is 23.1 Å². The minimum atomic E-state index is -0.772. The van der Waals surface area contributed by atoms with Crippen LogP contribution >= 0.6 is 11.3 Å². The van der Waals surface area contributed by atoms with Crippen LogP contribution in [0.4, 0.5) is 0 Å². The number of rotatable bonds is 5. The van der Waals surface area contributed by atoms with Crippen molar-refractivity contribution < 1.29 is 9.59 Å². The van der Waals surface area contributed by atoms with Crippen LogP contribution in [-0.2, 0) is 11.8 Å². The van der Waals surface area contributed by atoms with Crippen molar-refractivity contribution in [2.75, 3.05) is 7.05 Å². The molecule has 0 bridgehead atoms. The van der Waals surface area contributed by atoms with Crippen LogP contribution in [0.1, 0.15) is 22.1 Å². The van der Waals surface area contributed by atoms with Gasteiger partial charge in [-0.2, -0.15) is 5.10 Å². The van der Waals surface area contributed by atoms with Crippen molar-refractivity contribution in [2.24, 2.45) is 7.05 Å². The summed E-state index contributed by atoms with van der Waals surface area (Å²) in [7, 11) is 3.33. The number of aryl methyl sites for hydroxylation is 1. The largest absolute Gasteiger partial charge is 0.357 e. The summed E-state index contributed by atoms with van der Waals surface area (Å²) in [5.41, 5.74) is 1.84. The third-order valence-corrected chi connectivity index (χ3v) is 4.70. The van der Waals surface area contributed by atoms with Crippen LogP contribution in [-0.4, -0.2) is 28.6 Å². The minimum absolute atomic E-state index is 0.274. The first kappa shape index (κ1) is 16.9. The Morgan fingerprint density at radius 1 is 1.16 bits per heavy atom. The molecule has 0 aliphatic carbocycles.